The van der Waals surface area contributed by atoms with Crippen molar-refractivity contribution >= 4 is 11.6 Å². The lowest BCUT2D eigenvalue weighted by molar-refractivity contribution is -0.118. The summed E-state index contributed by atoms with van der Waals surface area (Å²) < 4.78 is 0. The molecule has 1 amide bonds. The van der Waals surface area contributed by atoms with Crippen molar-refractivity contribution in [1.82, 2.24) is 0 Å². The second kappa shape index (κ2) is 4.52. The molecular weight excluding hydrogens is 210 g/mol. The molecule has 0 aromatic heterocycles. The predicted octanol–water partition coefficient (Wildman–Crippen LogP) is 3.65. The van der Waals surface area contributed by atoms with Crippen LogP contribution in [0.4, 0.5) is 5.69 Å². The molecule has 0 unspecified atom stereocenters. The summed E-state index contributed by atoms with van der Waals surface area (Å²) in [7, 11) is 0. The second-order valence-corrected chi connectivity index (χ2v) is 4.95. The summed E-state index contributed by atoms with van der Waals surface area (Å²) in [5.74, 6) is 0.158. The second-order valence-electron chi connectivity index (χ2n) is 4.95. The van der Waals surface area contributed by atoms with Crippen LogP contribution in [0.2, 0.25) is 0 Å². The number of rotatable bonds is 3. The minimum Gasteiger partial charge on any atom is -0.326 e. The van der Waals surface area contributed by atoms with Gasteiger partial charge in [-0.3, -0.25) is 4.79 Å². The molecule has 0 atom stereocenters. The molecule has 1 heterocycles. The third kappa shape index (κ3) is 1.97. The summed E-state index contributed by atoms with van der Waals surface area (Å²) in [6.45, 7) is 6.54. The van der Waals surface area contributed by atoms with Gasteiger partial charge in [0.05, 0.1) is 0 Å². The Morgan fingerprint density at radius 2 is 1.94 bits per heavy atom. The van der Waals surface area contributed by atoms with Crippen molar-refractivity contribution in [3.63, 3.8) is 0 Å². The SMILES string of the molecule is CCc1ccc2c(c1)C(CC)(CC)CC(=O)N2. The van der Waals surface area contributed by atoms with Crippen LogP contribution in [0.25, 0.3) is 0 Å². The summed E-state index contributed by atoms with van der Waals surface area (Å²) in [5, 5.41) is 3.00. The van der Waals surface area contributed by atoms with Crippen molar-refractivity contribution in [3.05, 3.63) is 29.3 Å². The molecule has 0 fully saturated rings. The Kier molecular flexibility index (Phi) is 3.23. The van der Waals surface area contributed by atoms with Crippen molar-refractivity contribution in [2.75, 3.05) is 5.32 Å². The lowest BCUT2D eigenvalue weighted by Gasteiger charge is -2.37. The van der Waals surface area contributed by atoms with Gasteiger partial charge in [-0.05, 0) is 36.5 Å². The van der Waals surface area contributed by atoms with Crippen LogP contribution >= 0.6 is 0 Å². The van der Waals surface area contributed by atoms with E-state index in [9.17, 15) is 4.79 Å². The number of hydrogen-bond acceptors (Lipinski definition) is 1. The molecule has 0 radical (unpaired) electrons. The number of fused-ring (bicyclic) bond motifs is 1. The van der Waals surface area contributed by atoms with Gasteiger partial charge in [-0.25, -0.2) is 0 Å². The average Bonchev–Trinajstić information content (AvgIpc) is 2.37. The molecule has 2 heteroatoms. The first-order valence-electron chi connectivity index (χ1n) is 6.58. The summed E-state index contributed by atoms with van der Waals surface area (Å²) in [6, 6.07) is 6.45. The summed E-state index contributed by atoms with van der Waals surface area (Å²) in [5.41, 5.74) is 3.75. The Bertz CT molecular complexity index is 433. The lowest BCUT2D eigenvalue weighted by atomic mass is 9.70. The van der Waals surface area contributed by atoms with Gasteiger partial charge >= 0.3 is 0 Å². The largest absolute Gasteiger partial charge is 0.326 e. The summed E-state index contributed by atoms with van der Waals surface area (Å²) in [4.78, 5) is 11.8. The topological polar surface area (TPSA) is 29.1 Å². The molecule has 0 aliphatic carbocycles. The van der Waals surface area contributed by atoms with Gasteiger partial charge in [0, 0.05) is 17.5 Å². The number of carbonyl (C=O) groups excluding carboxylic acids is 1. The fourth-order valence-corrected chi connectivity index (χ4v) is 2.84. The molecule has 1 aliphatic heterocycles. The molecule has 1 aliphatic rings. The van der Waals surface area contributed by atoms with Crippen molar-refractivity contribution < 1.29 is 4.79 Å². The van der Waals surface area contributed by atoms with E-state index >= 15 is 0 Å². The van der Waals surface area contributed by atoms with Gasteiger partial charge in [-0.1, -0.05) is 32.9 Å². The predicted molar refractivity (Wildman–Crippen MR) is 71.3 cm³/mol. The van der Waals surface area contributed by atoms with E-state index in [2.05, 4.69) is 44.3 Å². The zero-order valence-electron chi connectivity index (χ0n) is 11.0. The van der Waals surface area contributed by atoms with Crippen LogP contribution in [0, 0.1) is 0 Å². The molecule has 92 valence electrons. The van der Waals surface area contributed by atoms with Gasteiger partial charge in [0.1, 0.15) is 0 Å². The van der Waals surface area contributed by atoms with E-state index in [1.807, 2.05) is 0 Å². The van der Waals surface area contributed by atoms with Gasteiger partial charge < -0.3 is 5.32 Å². The molecular formula is C15H21NO. The van der Waals surface area contributed by atoms with Gasteiger partial charge in [-0.15, -0.1) is 0 Å². The normalized spacial score (nSPS) is 17.5. The van der Waals surface area contributed by atoms with E-state index in [1.54, 1.807) is 0 Å². The van der Waals surface area contributed by atoms with Gasteiger partial charge in [0.2, 0.25) is 5.91 Å². The zero-order chi connectivity index (χ0) is 12.5. The highest BCUT2D eigenvalue weighted by atomic mass is 16.1. The maximum Gasteiger partial charge on any atom is 0.225 e. The van der Waals surface area contributed by atoms with Crippen LogP contribution in [0.5, 0.6) is 0 Å². The molecule has 1 aromatic rings. The fourth-order valence-electron chi connectivity index (χ4n) is 2.84. The van der Waals surface area contributed by atoms with E-state index in [0.29, 0.717) is 6.42 Å². The van der Waals surface area contributed by atoms with Crippen LogP contribution in [0.3, 0.4) is 0 Å². The van der Waals surface area contributed by atoms with Crippen molar-refractivity contribution in [3.8, 4) is 0 Å². The Morgan fingerprint density at radius 1 is 1.24 bits per heavy atom. The van der Waals surface area contributed by atoms with E-state index in [1.165, 1.54) is 11.1 Å². The van der Waals surface area contributed by atoms with Crippen molar-refractivity contribution in [2.24, 2.45) is 0 Å². The molecule has 2 rings (SSSR count). The van der Waals surface area contributed by atoms with Crippen LogP contribution in [0.15, 0.2) is 18.2 Å². The molecule has 0 spiro atoms. The molecule has 1 aromatic carbocycles. The van der Waals surface area contributed by atoms with Crippen LogP contribution in [0.1, 0.15) is 51.2 Å². The Labute approximate surface area is 103 Å². The quantitative estimate of drug-likeness (QED) is 0.845. The Morgan fingerprint density at radius 3 is 2.53 bits per heavy atom. The summed E-state index contributed by atoms with van der Waals surface area (Å²) >= 11 is 0. The highest BCUT2D eigenvalue weighted by Gasteiger charge is 2.37. The van der Waals surface area contributed by atoms with Crippen LogP contribution in [-0.4, -0.2) is 5.91 Å². The minimum atomic E-state index is 0.0445. The van der Waals surface area contributed by atoms with Gasteiger partial charge in [0.15, 0.2) is 0 Å². The van der Waals surface area contributed by atoms with Gasteiger partial charge in [-0.2, -0.15) is 0 Å². The number of aryl methyl sites for hydroxylation is 1. The maximum atomic E-state index is 11.8. The summed E-state index contributed by atoms with van der Waals surface area (Å²) in [6.07, 6.45) is 3.72. The first-order valence-corrected chi connectivity index (χ1v) is 6.58. The first kappa shape index (κ1) is 12.2. The van der Waals surface area contributed by atoms with Crippen LogP contribution in [-0.2, 0) is 16.6 Å². The highest BCUT2D eigenvalue weighted by molar-refractivity contribution is 5.95. The molecule has 1 N–H and O–H groups in total. The molecule has 17 heavy (non-hydrogen) atoms. The molecule has 2 nitrogen and oxygen atoms in total. The Hall–Kier alpha value is -1.31. The highest BCUT2D eigenvalue weighted by Crippen LogP contribution is 2.43. The Balaban J connectivity index is 2.56. The van der Waals surface area contributed by atoms with E-state index in [0.717, 1.165) is 24.9 Å². The average molecular weight is 231 g/mol. The van der Waals surface area contributed by atoms with E-state index in [-0.39, 0.29) is 11.3 Å². The van der Waals surface area contributed by atoms with E-state index < -0.39 is 0 Å². The standard InChI is InChI=1S/C15H21NO/c1-4-11-7-8-13-12(9-11)15(5-2,6-3)10-14(17)16-13/h7-9H,4-6,10H2,1-3H3,(H,16,17). The van der Waals surface area contributed by atoms with E-state index in [4.69, 9.17) is 0 Å². The number of benzene rings is 1. The van der Waals surface area contributed by atoms with Crippen molar-refractivity contribution in [2.45, 2.75) is 51.9 Å². The van der Waals surface area contributed by atoms with Crippen LogP contribution < -0.4 is 5.32 Å². The minimum absolute atomic E-state index is 0.0445. The number of hydrogen-bond donors (Lipinski definition) is 1. The van der Waals surface area contributed by atoms with Crippen molar-refractivity contribution in [1.29, 1.82) is 0 Å². The monoisotopic (exact) mass is 231 g/mol. The molecule has 0 saturated heterocycles. The third-order valence-electron chi connectivity index (χ3n) is 4.19. The molecule has 0 bridgehead atoms. The molecule has 0 saturated carbocycles. The smallest absolute Gasteiger partial charge is 0.225 e. The lowest BCUT2D eigenvalue weighted by Crippen LogP contribution is -2.36. The first-order chi connectivity index (χ1) is 8.15. The fraction of sp³-hybridized carbons (Fsp3) is 0.533. The number of carbonyl (C=O) groups is 1. The zero-order valence-corrected chi connectivity index (χ0v) is 11.0. The third-order valence-corrected chi connectivity index (χ3v) is 4.19. The number of nitrogens with one attached hydrogen (secondary N) is 1. The van der Waals surface area contributed by atoms with Gasteiger partial charge in [0.25, 0.3) is 0 Å². The number of amides is 1. The maximum absolute atomic E-state index is 11.8. The number of anilines is 1.